The Balaban J connectivity index is 1.75. The number of hydrogen-bond donors (Lipinski definition) is 1. The van der Waals surface area contributed by atoms with Crippen LogP contribution in [0.5, 0.6) is 11.5 Å². The molecule has 178 valence electrons. The van der Waals surface area contributed by atoms with Crippen LogP contribution >= 0.6 is 11.8 Å². The number of ether oxygens (including phenoxy) is 2. The Hall–Kier alpha value is -2.94. The van der Waals surface area contributed by atoms with Gasteiger partial charge in [-0.3, -0.25) is 14.2 Å². The lowest BCUT2D eigenvalue weighted by atomic mass is 10.1. The van der Waals surface area contributed by atoms with E-state index in [4.69, 9.17) is 9.47 Å². The summed E-state index contributed by atoms with van der Waals surface area (Å²) in [6.45, 7) is 7.15. The Bertz CT molecular complexity index is 1200. The number of carbonyl (C=O) groups is 1. The zero-order valence-electron chi connectivity index (χ0n) is 20.1. The van der Waals surface area contributed by atoms with Crippen LogP contribution in [0.2, 0.25) is 0 Å². The van der Waals surface area contributed by atoms with E-state index < -0.39 is 0 Å². The Kier molecular flexibility index (Phi) is 8.07. The molecule has 0 saturated carbocycles. The summed E-state index contributed by atoms with van der Waals surface area (Å²) < 4.78 is 14.1. The Morgan fingerprint density at radius 1 is 1.15 bits per heavy atom. The van der Waals surface area contributed by atoms with Crippen LogP contribution in [0.1, 0.15) is 25.1 Å². The number of nitrogens with one attached hydrogen (secondary N) is 1. The zero-order valence-corrected chi connectivity index (χ0v) is 20.9. The molecule has 33 heavy (non-hydrogen) atoms. The van der Waals surface area contributed by atoms with E-state index in [1.807, 2.05) is 37.4 Å². The van der Waals surface area contributed by atoms with Crippen LogP contribution in [0, 0.1) is 12.8 Å². The van der Waals surface area contributed by atoms with Crippen LogP contribution in [-0.2, 0) is 24.3 Å². The van der Waals surface area contributed by atoms with Gasteiger partial charge in [0.25, 0.3) is 5.56 Å². The number of aryl methyl sites for hydroxylation is 1. The van der Waals surface area contributed by atoms with Gasteiger partial charge in [0.05, 0.1) is 19.7 Å². The van der Waals surface area contributed by atoms with Gasteiger partial charge in [0.2, 0.25) is 5.91 Å². The molecule has 0 aliphatic carbocycles. The van der Waals surface area contributed by atoms with Crippen molar-refractivity contribution < 1.29 is 14.3 Å². The molecule has 2 aromatic heterocycles. The van der Waals surface area contributed by atoms with E-state index in [0.29, 0.717) is 53.1 Å². The topological polar surface area (TPSA) is 87.4 Å². The van der Waals surface area contributed by atoms with Gasteiger partial charge >= 0.3 is 0 Å². The Morgan fingerprint density at radius 2 is 1.88 bits per heavy atom. The van der Waals surface area contributed by atoms with Crippen LogP contribution in [0.25, 0.3) is 11.0 Å². The molecule has 0 bridgehead atoms. The minimum atomic E-state index is -0.153. The van der Waals surface area contributed by atoms with E-state index >= 15 is 0 Å². The van der Waals surface area contributed by atoms with Crippen molar-refractivity contribution in [1.82, 2.24) is 19.4 Å². The number of methoxy groups -OCH3 is 2. The summed E-state index contributed by atoms with van der Waals surface area (Å²) in [6.07, 6.45) is 2.57. The van der Waals surface area contributed by atoms with Crippen molar-refractivity contribution in [2.45, 2.75) is 45.4 Å². The van der Waals surface area contributed by atoms with Crippen molar-refractivity contribution in [3.8, 4) is 11.5 Å². The Morgan fingerprint density at radius 3 is 2.52 bits per heavy atom. The fourth-order valence-electron chi connectivity index (χ4n) is 3.81. The van der Waals surface area contributed by atoms with Crippen LogP contribution in [0.4, 0.5) is 0 Å². The number of aromatic nitrogens is 3. The first-order valence-corrected chi connectivity index (χ1v) is 12.1. The summed E-state index contributed by atoms with van der Waals surface area (Å²) in [6, 6.07) is 7.57. The fourth-order valence-corrected chi connectivity index (χ4v) is 4.38. The third-order valence-electron chi connectivity index (χ3n) is 5.39. The van der Waals surface area contributed by atoms with Crippen LogP contribution in [0.15, 0.2) is 34.2 Å². The largest absolute Gasteiger partial charge is 0.493 e. The van der Waals surface area contributed by atoms with E-state index in [-0.39, 0.29) is 18.0 Å². The van der Waals surface area contributed by atoms with Crippen molar-refractivity contribution in [2.75, 3.05) is 27.0 Å². The lowest BCUT2D eigenvalue weighted by Crippen LogP contribution is -2.32. The lowest BCUT2D eigenvalue weighted by Gasteiger charge is -2.14. The minimum absolute atomic E-state index is 0.0679. The van der Waals surface area contributed by atoms with Crippen molar-refractivity contribution in [2.24, 2.45) is 5.92 Å². The third-order valence-corrected chi connectivity index (χ3v) is 6.07. The van der Waals surface area contributed by atoms with Crippen molar-refractivity contribution in [1.29, 1.82) is 0 Å². The van der Waals surface area contributed by atoms with E-state index in [9.17, 15) is 9.59 Å². The minimum Gasteiger partial charge on any atom is -0.493 e. The zero-order chi connectivity index (χ0) is 24.1. The number of benzene rings is 1. The number of amides is 1. The average Bonchev–Trinajstić information content (AvgIpc) is 3.10. The number of carbonyl (C=O) groups excluding carboxylic acids is 1. The molecule has 0 atom stereocenters. The maximum atomic E-state index is 13.3. The molecule has 0 aliphatic heterocycles. The van der Waals surface area contributed by atoms with Gasteiger partial charge < -0.3 is 19.4 Å². The second kappa shape index (κ2) is 10.8. The molecular weight excluding hydrogens is 440 g/mol. The van der Waals surface area contributed by atoms with Gasteiger partial charge in [-0.25, -0.2) is 4.98 Å². The number of hydrogen-bond acceptors (Lipinski definition) is 6. The predicted molar refractivity (Wildman–Crippen MR) is 132 cm³/mol. The average molecular weight is 473 g/mol. The predicted octanol–water partition coefficient (Wildman–Crippen LogP) is 3.26. The highest BCUT2D eigenvalue weighted by atomic mass is 32.2. The van der Waals surface area contributed by atoms with Crippen molar-refractivity contribution >= 4 is 28.7 Å². The summed E-state index contributed by atoms with van der Waals surface area (Å²) in [7, 11) is 3.19. The fraction of sp³-hybridized carbons (Fsp3) is 0.458. The highest BCUT2D eigenvalue weighted by Gasteiger charge is 2.18. The lowest BCUT2D eigenvalue weighted by molar-refractivity contribution is -0.121. The quantitative estimate of drug-likeness (QED) is 0.360. The first kappa shape index (κ1) is 24.7. The second-order valence-electron chi connectivity index (χ2n) is 8.30. The normalized spacial score (nSPS) is 11.2. The maximum absolute atomic E-state index is 13.3. The van der Waals surface area contributed by atoms with E-state index in [1.165, 1.54) is 11.8 Å². The van der Waals surface area contributed by atoms with Gasteiger partial charge in [-0.1, -0.05) is 31.7 Å². The molecule has 0 aliphatic rings. The highest BCUT2D eigenvalue weighted by Crippen LogP contribution is 2.27. The molecule has 0 saturated heterocycles. The van der Waals surface area contributed by atoms with Gasteiger partial charge in [-0.15, -0.1) is 0 Å². The molecule has 1 amide bonds. The molecule has 9 heteroatoms. The summed E-state index contributed by atoms with van der Waals surface area (Å²) in [5.41, 5.74) is 2.85. The molecule has 1 aromatic carbocycles. The molecule has 1 N–H and O–H groups in total. The van der Waals surface area contributed by atoms with E-state index in [0.717, 1.165) is 11.3 Å². The van der Waals surface area contributed by atoms with E-state index in [1.54, 1.807) is 23.4 Å². The van der Waals surface area contributed by atoms with Gasteiger partial charge in [0.15, 0.2) is 16.7 Å². The smallest absolute Gasteiger partial charge is 0.278 e. The summed E-state index contributed by atoms with van der Waals surface area (Å²) in [5, 5.41) is 3.64. The molecule has 0 spiro atoms. The second-order valence-corrected chi connectivity index (χ2v) is 9.08. The standard InChI is InChI=1S/C24H32N4O4S/c1-15(2)13-28-23(30)22-18(26-24(28)33-6)11-16(3)27(22)14-21(29)25-10-9-17-7-8-19(31-4)20(12-17)32-5/h7-8,11-12,15H,9-10,13-14H2,1-6H3,(H,25,29). The summed E-state index contributed by atoms with van der Waals surface area (Å²) in [5.74, 6) is 1.48. The SMILES string of the molecule is COc1ccc(CCNC(=O)Cn2c(C)cc3nc(SC)n(CC(C)C)c(=O)c32)cc1OC. The van der Waals surface area contributed by atoms with Gasteiger partial charge in [0.1, 0.15) is 12.1 Å². The van der Waals surface area contributed by atoms with Gasteiger partial charge in [0, 0.05) is 18.8 Å². The number of rotatable bonds is 10. The Labute approximate surface area is 198 Å². The van der Waals surface area contributed by atoms with Crippen LogP contribution in [-0.4, -0.2) is 47.0 Å². The molecule has 8 nitrogen and oxygen atoms in total. The summed E-state index contributed by atoms with van der Waals surface area (Å²) in [4.78, 5) is 30.7. The third kappa shape index (κ3) is 5.52. The molecule has 3 rings (SSSR count). The maximum Gasteiger partial charge on any atom is 0.278 e. The summed E-state index contributed by atoms with van der Waals surface area (Å²) >= 11 is 1.46. The first-order valence-electron chi connectivity index (χ1n) is 10.9. The van der Waals surface area contributed by atoms with Gasteiger partial charge in [-0.05, 0) is 49.3 Å². The van der Waals surface area contributed by atoms with Crippen LogP contribution < -0.4 is 20.3 Å². The van der Waals surface area contributed by atoms with Crippen molar-refractivity contribution in [3.05, 3.63) is 45.9 Å². The molecule has 0 radical (unpaired) electrons. The number of thioether (sulfide) groups is 1. The number of nitrogens with zero attached hydrogens (tertiary/aromatic N) is 3. The molecular formula is C24H32N4O4S. The molecule has 0 unspecified atom stereocenters. The highest BCUT2D eigenvalue weighted by molar-refractivity contribution is 7.98. The first-order chi connectivity index (χ1) is 15.8. The van der Waals surface area contributed by atoms with Crippen molar-refractivity contribution in [3.63, 3.8) is 0 Å². The molecule has 2 heterocycles. The molecule has 3 aromatic rings. The van der Waals surface area contributed by atoms with E-state index in [2.05, 4.69) is 24.1 Å². The monoisotopic (exact) mass is 472 g/mol. The number of fused-ring (bicyclic) bond motifs is 1. The van der Waals surface area contributed by atoms with Gasteiger partial charge in [-0.2, -0.15) is 0 Å². The van der Waals surface area contributed by atoms with Crippen LogP contribution in [0.3, 0.4) is 0 Å². The molecule has 0 fully saturated rings.